The number of nitrogens with zero attached hydrogens (tertiary/aromatic N) is 2. The van der Waals surface area contributed by atoms with Crippen LogP contribution >= 0.6 is 11.8 Å². The molecule has 84 valence electrons. The Morgan fingerprint density at radius 1 is 1.13 bits per heavy atom. The Hall–Kier alpha value is -0.770. The Morgan fingerprint density at radius 2 is 1.93 bits per heavy atom. The SMILES string of the molecule is CCCCCCCSc1ccc(N)nn1. The molecule has 0 amide bonds. The molecule has 3 nitrogen and oxygen atoms in total. The zero-order valence-electron chi connectivity index (χ0n) is 9.28. The number of hydrogen-bond donors (Lipinski definition) is 1. The first kappa shape index (κ1) is 12.3. The van der Waals surface area contributed by atoms with E-state index in [1.54, 1.807) is 17.8 Å². The lowest BCUT2D eigenvalue weighted by atomic mass is 10.2. The van der Waals surface area contributed by atoms with Crippen molar-refractivity contribution in [1.82, 2.24) is 10.2 Å². The summed E-state index contributed by atoms with van der Waals surface area (Å²) in [5.74, 6) is 1.62. The van der Waals surface area contributed by atoms with Crippen LogP contribution in [0.25, 0.3) is 0 Å². The minimum Gasteiger partial charge on any atom is -0.382 e. The molecule has 1 heterocycles. The van der Waals surface area contributed by atoms with E-state index in [-0.39, 0.29) is 0 Å². The summed E-state index contributed by atoms with van der Waals surface area (Å²) >= 11 is 1.76. The van der Waals surface area contributed by atoms with Crippen molar-refractivity contribution in [3.63, 3.8) is 0 Å². The lowest BCUT2D eigenvalue weighted by Crippen LogP contribution is -1.93. The lowest BCUT2D eigenvalue weighted by molar-refractivity contribution is 0.659. The molecule has 0 radical (unpaired) electrons. The molecule has 0 unspecified atom stereocenters. The summed E-state index contributed by atoms with van der Waals surface area (Å²) in [5.41, 5.74) is 5.45. The molecule has 0 atom stereocenters. The Bertz CT molecular complexity index is 261. The highest BCUT2D eigenvalue weighted by Gasteiger charge is 1.96. The van der Waals surface area contributed by atoms with Crippen molar-refractivity contribution in [2.75, 3.05) is 11.5 Å². The molecule has 0 bridgehead atoms. The number of hydrogen-bond acceptors (Lipinski definition) is 4. The highest BCUT2D eigenvalue weighted by atomic mass is 32.2. The molecular formula is C11H19N3S. The molecule has 0 saturated carbocycles. The van der Waals surface area contributed by atoms with Gasteiger partial charge in [-0.05, 0) is 24.3 Å². The zero-order chi connectivity index (χ0) is 10.9. The smallest absolute Gasteiger partial charge is 0.146 e. The summed E-state index contributed by atoms with van der Waals surface area (Å²) in [6.07, 6.45) is 6.59. The molecule has 0 aliphatic carbocycles. The molecule has 15 heavy (non-hydrogen) atoms. The standard InChI is InChI=1S/C11H19N3S/c1-2-3-4-5-6-9-15-11-8-7-10(12)13-14-11/h7-8H,2-6,9H2,1H3,(H2,12,13). The number of rotatable bonds is 7. The fraction of sp³-hybridized carbons (Fsp3) is 0.636. The van der Waals surface area contributed by atoms with E-state index in [2.05, 4.69) is 17.1 Å². The fourth-order valence-electron chi connectivity index (χ4n) is 1.29. The molecular weight excluding hydrogens is 206 g/mol. The van der Waals surface area contributed by atoms with E-state index >= 15 is 0 Å². The van der Waals surface area contributed by atoms with Crippen LogP contribution < -0.4 is 5.73 Å². The third-order valence-corrected chi connectivity index (χ3v) is 3.16. The van der Waals surface area contributed by atoms with Crippen LogP contribution in [0.5, 0.6) is 0 Å². The van der Waals surface area contributed by atoms with Crippen molar-refractivity contribution >= 4 is 17.6 Å². The third-order valence-electron chi connectivity index (χ3n) is 2.16. The number of anilines is 1. The van der Waals surface area contributed by atoms with Gasteiger partial charge >= 0.3 is 0 Å². The van der Waals surface area contributed by atoms with Gasteiger partial charge in [0.1, 0.15) is 10.8 Å². The number of aromatic nitrogens is 2. The molecule has 4 heteroatoms. The molecule has 0 saturated heterocycles. The Balaban J connectivity index is 2.07. The maximum atomic E-state index is 5.45. The normalized spacial score (nSPS) is 10.5. The zero-order valence-corrected chi connectivity index (χ0v) is 10.1. The van der Waals surface area contributed by atoms with Crippen molar-refractivity contribution in [1.29, 1.82) is 0 Å². The third kappa shape index (κ3) is 5.62. The van der Waals surface area contributed by atoms with Gasteiger partial charge in [0.15, 0.2) is 0 Å². The van der Waals surface area contributed by atoms with Crippen LogP contribution in [-0.4, -0.2) is 16.0 Å². The molecule has 0 spiro atoms. The van der Waals surface area contributed by atoms with Crippen LogP contribution in [0.3, 0.4) is 0 Å². The molecule has 0 aliphatic heterocycles. The minimum absolute atomic E-state index is 0.488. The van der Waals surface area contributed by atoms with Crippen molar-refractivity contribution in [2.24, 2.45) is 0 Å². The Kier molecular flexibility index (Phi) is 6.16. The van der Waals surface area contributed by atoms with Gasteiger partial charge in [0.2, 0.25) is 0 Å². The van der Waals surface area contributed by atoms with Crippen LogP contribution in [0.2, 0.25) is 0 Å². The van der Waals surface area contributed by atoms with Gasteiger partial charge in [0, 0.05) is 0 Å². The molecule has 0 aromatic carbocycles. The minimum atomic E-state index is 0.488. The molecule has 1 aromatic rings. The topological polar surface area (TPSA) is 51.8 Å². The van der Waals surface area contributed by atoms with Crippen molar-refractivity contribution < 1.29 is 0 Å². The Morgan fingerprint density at radius 3 is 2.60 bits per heavy atom. The fourth-order valence-corrected chi connectivity index (χ4v) is 2.11. The summed E-state index contributed by atoms with van der Waals surface area (Å²) in [6, 6.07) is 3.73. The maximum absolute atomic E-state index is 5.45. The predicted molar refractivity (Wildman–Crippen MR) is 65.9 cm³/mol. The van der Waals surface area contributed by atoms with Crippen molar-refractivity contribution in [3.05, 3.63) is 12.1 Å². The highest BCUT2D eigenvalue weighted by Crippen LogP contribution is 2.17. The molecule has 0 aliphatic rings. The predicted octanol–water partition coefficient (Wildman–Crippen LogP) is 3.12. The van der Waals surface area contributed by atoms with Gasteiger partial charge < -0.3 is 5.73 Å². The summed E-state index contributed by atoms with van der Waals surface area (Å²) in [7, 11) is 0. The van der Waals surface area contributed by atoms with E-state index in [9.17, 15) is 0 Å². The second-order valence-electron chi connectivity index (χ2n) is 3.56. The Labute approximate surface area is 95.9 Å². The summed E-state index contributed by atoms with van der Waals surface area (Å²) in [4.78, 5) is 0. The van der Waals surface area contributed by atoms with Gasteiger partial charge in [0.25, 0.3) is 0 Å². The van der Waals surface area contributed by atoms with E-state index in [0.717, 1.165) is 10.8 Å². The quantitative estimate of drug-likeness (QED) is 0.572. The summed E-state index contributed by atoms with van der Waals surface area (Å²) in [5, 5.41) is 8.79. The first-order valence-corrected chi connectivity index (χ1v) is 6.53. The van der Waals surface area contributed by atoms with Gasteiger partial charge in [-0.15, -0.1) is 22.0 Å². The van der Waals surface area contributed by atoms with Crippen LogP contribution in [0.4, 0.5) is 5.82 Å². The average Bonchev–Trinajstić information content (AvgIpc) is 2.26. The van der Waals surface area contributed by atoms with Crippen molar-refractivity contribution in [3.8, 4) is 0 Å². The largest absolute Gasteiger partial charge is 0.382 e. The van der Waals surface area contributed by atoms with Crippen LogP contribution in [0, 0.1) is 0 Å². The van der Waals surface area contributed by atoms with Gasteiger partial charge in [-0.2, -0.15) is 0 Å². The lowest BCUT2D eigenvalue weighted by Gasteiger charge is -2.00. The molecule has 0 fully saturated rings. The van der Waals surface area contributed by atoms with E-state index in [4.69, 9.17) is 5.73 Å². The van der Waals surface area contributed by atoms with Gasteiger partial charge in [-0.25, -0.2) is 0 Å². The number of unbranched alkanes of at least 4 members (excludes halogenated alkanes) is 4. The van der Waals surface area contributed by atoms with Crippen LogP contribution in [-0.2, 0) is 0 Å². The first-order valence-electron chi connectivity index (χ1n) is 5.55. The van der Waals surface area contributed by atoms with Crippen molar-refractivity contribution in [2.45, 2.75) is 44.1 Å². The molecule has 1 rings (SSSR count). The van der Waals surface area contributed by atoms with E-state index in [0.29, 0.717) is 5.82 Å². The number of thioether (sulfide) groups is 1. The summed E-state index contributed by atoms with van der Waals surface area (Å²) in [6.45, 7) is 2.23. The monoisotopic (exact) mass is 225 g/mol. The van der Waals surface area contributed by atoms with E-state index < -0.39 is 0 Å². The second-order valence-corrected chi connectivity index (χ2v) is 4.67. The van der Waals surface area contributed by atoms with E-state index in [1.165, 1.54) is 32.1 Å². The van der Waals surface area contributed by atoms with Crippen LogP contribution in [0.15, 0.2) is 17.2 Å². The van der Waals surface area contributed by atoms with E-state index in [1.807, 2.05) is 6.07 Å². The number of nitrogens with two attached hydrogens (primary N) is 1. The first-order chi connectivity index (χ1) is 7.33. The maximum Gasteiger partial charge on any atom is 0.146 e. The second kappa shape index (κ2) is 7.51. The van der Waals surface area contributed by atoms with Crippen LogP contribution in [0.1, 0.15) is 39.0 Å². The molecule has 1 aromatic heterocycles. The van der Waals surface area contributed by atoms with Gasteiger partial charge in [-0.1, -0.05) is 32.6 Å². The van der Waals surface area contributed by atoms with Gasteiger partial charge in [0.05, 0.1) is 0 Å². The summed E-state index contributed by atoms with van der Waals surface area (Å²) < 4.78 is 0. The highest BCUT2D eigenvalue weighted by molar-refractivity contribution is 7.99. The number of nitrogen functional groups attached to an aromatic ring is 1. The van der Waals surface area contributed by atoms with Gasteiger partial charge in [-0.3, -0.25) is 0 Å². The molecule has 2 N–H and O–H groups in total. The average molecular weight is 225 g/mol.